The fraction of sp³-hybridized carbons (Fsp3) is 0.440. The molecule has 4 nitrogen and oxygen atoms in total. The van der Waals surface area contributed by atoms with E-state index in [1.54, 1.807) is 22.7 Å². The van der Waals surface area contributed by atoms with Gasteiger partial charge in [0.25, 0.3) is 0 Å². The molecule has 0 amide bonds. The van der Waals surface area contributed by atoms with Crippen molar-refractivity contribution in [2.24, 2.45) is 0 Å². The highest BCUT2D eigenvalue weighted by atomic mass is 32.1. The van der Waals surface area contributed by atoms with Crippen molar-refractivity contribution in [2.45, 2.75) is 64.3 Å². The number of hydrogen-bond donors (Lipinski definition) is 1. The van der Waals surface area contributed by atoms with E-state index in [0.717, 1.165) is 11.7 Å². The van der Waals surface area contributed by atoms with Gasteiger partial charge in [0, 0.05) is 34.1 Å². The predicted octanol–water partition coefficient (Wildman–Crippen LogP) is 6.74. The minimum Gasteiger partial charge on any atom is -0.481 e. The second kappa shape index (κ2) is 9.96. The van der Waals surface area contributed by atoms with Crippen LogP contribution in [0, 0.1) is 13.8 Å². The third kappa shape index (κ3) is 5.55. The molecule has 0 radical (unpaired) electrons. The Labute approximate surface area is 192 Å². The molecule has 1 aliphatic rings. The summed E-state index contributed by atoms with van der Waals surface area (Å²) in [4.78, 5) is 21.0. The van der Waals surface area contributed by atoms with Crippen LogP contribution in [0.5, 0.6) is 0 Å². The highest BCUT2D eigenvalue weighted by molar-refractivity contribution is 7.13. The lowest BCUT2D eigenvalue weighted by molar-refractivity contribution is -0.136. The monoisotopic (exact) mass is 454 g/mol. The van der Waals surface area contributed by atoms with Crippen LogP contribution in [0.25, 0.3) is 0 Å². The minimum atomic E-state index is -0.765. The van der Waals surface area contributed by atoms with Crippen LogP contribution in [0.4, 0.5) is 5.13 Å². The lowest BCUT2D eigenvalue weighted by atomic mass is 9.78. The van der Waals surface area contributed by atoms with Gasteiger partial charge in [0.05, 0.1) is 12.1 Å². The Bertz CT molecular complexity index is 1000. The van der Waals surface area contributed by atoms with E-state index < -0.39 is 5.97 Å². The summed E-state index contributed by atoms with van der Waals surface area (Å²) in [6.07, 6.45) is 4.87. The van der Waals surface area contributed by atoms with Crippen LogP contribution >= 0.6 is 22.7 Å². The molecule has 0 spiro atoms. The standard InChI is InChI=1S/C25H30N2O2S2/c1-17-14-22(18(2)31-17)15-27(13-12-24(28)29)25-26-23(16-30-25)21-10-8-20(9-11-21)19-6-4-3-5-7-19/h3-7,14,16,20-21H,8-13,15H2,1-2H3,(H,28,29). The van der Waals surface area contributed by atoms with E-state index >= 15 is 0 Å². The Morgan fingerprint density at radius 2 is 1.84 bits per heavy atom. The summed E-state index contributed by atoms with van der Waals surface area (Å²) in [5.74, 6) is 0.406. The first-order chi connectivity index (χ1) is 15.0. The van der Waals surface area contributed by atoms with Gasteiger partial charge in [-0.25, -0.2) is 4.98 Å². The van der Waals surface area contributed by atoms with Crippen molar-refractivity contribution in [3.8, 4) is 0 Å². The fourth-order valence-electron chi connectivity index (χ4n) is 4.58. The number of thiazole rings is 1. The summed E-state index contributed by atoms with van der Waals surface area (Å²) in [6.45, 7) is 5.46. The minimum absolute atomic E-state index is 0.124. The maximum absolute atomic E-state index is 11.2. The fourth-order valence-corrected chi connectivity index (χ4v) is 6.45. The molecule has 1 aromatic carbocycles. The summed E-state index contributed by atoms with van der Waals surface area (Å²) >= 11 is 3.45. The quantitative estimate of drug-likeness (QED) is 0.409. The van der Waals surface area contributed by atoms with Crippen LogP contribution in [0.1, 0.15) is 70.5 Å². The molecule has 1 aliphatic carbocycles. The van der Waals surface area contributed by atoms with Gasteiger partial charge < -0.3 is 10.0 Å². The Hall–Kier alpha value is -2.18. The van der Waals surface area contributed by atoms with E-state index in [4.69, 9.17) is 4.98 Å². The molecule has 4 rings (SSSR count). The second-order valence-electron chi connectivity index (χ2n) is 8.52. The molecule has 6 heteroatoms. The maximum atomic E-state index is 11.2. The van der Waals surface area contributed by atoms with Gasteiger partial charge in [-0.05, 0) is 62.6 Å². The number of rotatable bonds is 8. The van der Waals surface area contributed by atoms with E-state index in [1.165, 1.54) is 52.3 Å². The van der Waals surface area contributed by atoms with Crippen LogP contribution in [-0.4, -0.2) is 22.6 Å². The number of aromatic nitrogens is 1. The Balaban J connectivity index is 1.44. The average Bonchev–Trinajstić information content (AvgIpc) is 3.38. The number of nitrogens with zero attached hydrogens (tertiary/aromatic N) is 2. The largest absolute Gasteiger partial charge is 0.481 e. The molecule has 3 aromatic rings. The summed E-state index contributed by atoms with van der Waals surface area (Å²) in [7, 11) is 0. The van der Waals surface area contributed by atoms with E-state index in [0.29, 0.717) is 18.4 Å². The van der Waals surface area contributed by atoms with Crippen molar-refractivity contribution < 1.29 is 9.90 Å². The maximum Gasteiger partial charge on any atom is 0.305 e. The lowest BCUT2D eigenvalue weighted by Crippen LogP contribution is -2.25. The molecule has 1 saturated carbocycles. The molecule has 1 N–H and O–H groups in total. The molecular weight excluding hydrogens is 424 g/mol. The number of aliphatic carboxylic acids is 1. The molecule has 0 saturated heterocycles. The van der Waals surface area contributed by atoms with E-state index in [2.05, 4.69) is 60.5 Å². The van der Waals surface area contributed by atoms with Crippen LogP contribution < -0.4 is 4.90 Å². The second-order valence-corrected chi connectivity index (χ2v) is 10.8. The Morgan fingerprint density at radius 3 is 2.48 bits per heavy atom. The topological polar surface area (TPSA) is 53.4 Å². The first kappa shape index (κ1) is 22.0. The zero-order valence-electron chi connectivity index (χ0n) is 18.2. The molecule has 2 heterocycles. The van der Waals surface area contributed by atoms with Gasteiger partial charge in [-0.3, -0.25) is 4.79 Å². The van der Waals surface area contributed by atoms with E-state index in [-0.39, 0.29) is 6.42 Å². The van der Waals surface area contributed by atoms with Gasteiger partial charge in [-0.15, -0.1) is 22.7 Å². The Kier molecular flexibility index (Phi) is 7.08. The number of aryl methyl sites for hydroxylation is 2. The third-order valence-corrected chi connectivity index (χ3v) is 8.23. The zero-order valence-corrected chi connectivity index (χ0v) is 19.8. The van der Waals surface area contributed by atoms with Gasteiger partial charge in [0.2, 0.25) is 0 Å². The SMILES string of the molecule is Cc1cc(CN(CCC(=O)O)c2nc(C3CCC(c4ccccc4)CC3)cs2)c(C)s1. The molecule has 0 atom stereocenters. The average molecular weight is 455 g/mol. The normalized spacial score (nSPS) is 18.8. The Morgan fingerprint density at radius 1 is 1.13 bits per heavy atom. The van der Waals surface area contributed by atoms with Crippen LogP contribution in [0.2, 0.25) is 0 Å². The van der Waals surface area contributed by atoms with E-state index in [1.807, 2.05) is 0 Å². The van der Waals surface area contributed by atoms with Crippen molar-refractivity contribution in [1.29, 1.82) is 0 Å². The van der Waals surface area contributed by atoms with Crippen molar-refractivity contribution in [2.75, 3.05) is 11.4 Å². The van der Waals surface area contributed by atoms with Crippen LogP contribution in [0.15, 0.2) is 41.8 Å². The van der Waals surface area contributed by atoms with Gasteiger partial charge in [-0.2, -0.15) is 0 Å². The highest BCUT2D eigenvalue weighted by Gasteiger charge is 2.26. The summed E-state index contributed by atoms with van der Waals surface area (Å²) in [5, 5.41) is 12.4. The number of thiophene rings is 1. The summed E-state index contributed by atoms with van der Waals surface area (Å²) in [5.41, 5.74) is 3.92. The summed E-state index contributed by atoms with van der Waals surface area (Å²) in [6, 6.07) is 13.1. The van der Waals surface area contributed by atoms with Gasteiger partial charge >= 0.3 is 5.97 Å². The predicted molar refractivity (Wildman–Crippen MR) is 130 cm³/mol. The number of anilines is 1. The van der Waals surface area contributed by atoms with Crippen LogP contribution in [0.3, 0.4) is 0 Å². The first-order valence-electron chi connectivity index (χ1n) is 11.0. The van der Waals surface area contributed by atoms with Crippen molar-refractivity contribution in [1.82, 2.24) is 4.98 Å². The van der Waals surface area contributed by atoms with Crippen molar-refractivity contribution in [3.63, 3.8) is 0 Å². The number of carboxylic acid groups (broad SMARTS) is 1. The molecule has 2 aromatic heterocycles. The number of carboxylic acids is 1. The van der Waals surface area contributed by atoms with Gasteiger partial charge in [0.15, 0.2) is 5.13 Å². The van der Waals surface area contributed by atoms with Crippen molar-refractivity contribution >= 4 is 33.8 Å². The zero-order chi connectivity index (χ0) is 21.8. The molecule has 1 fully saturated rings. The number of carbonyl (C=O) groups is 1. The number of benzene rings is 1. The van der Waals surface area contributed by atoms with Gasteiger partial charge in [-0.1, -0.05) is 30.3 Å². The molecule has 164 valence electrons. The number of hydrogen-bond acceptors (Lipinski definition) is 5. The van der Waals surface area contributed by atoms with Gasteiger partial charge in [0.1, 0.15) is 0 Å². The molecular formula is C25H30N2O2S2. The van der Waals surface area contributed by atoms with Crippen LogP contribution in [-0.2, 0) is 11.3 Å². The molecule has 0 bridgehead atoms. The summed E-state index contributed by atoms with van der Waals surface area (Å²) < 4.78 is 0. The third-order valence-electron chi connectivity index (χ3n) is 6.30. The molecule has 31 heavy (non-hydrogen) atoms. The smallest absolute Gasteiger partial charge is 0.305 e. The van der Waals surface area contributed by atoms with E-state index in [9.17, 15) is 9.90 Å². The molecule has 0 unspecified atom stereocenters. The van der Waals surface area contributed by atoms with Crippen molar-refractivity contribution in [3.05, 3.63) is 68.4 Å². The first-order valence-corrected chi connectivity index (χ1v) is 12.7. The highest BCUT2D eigenvalue weighted by Crippen LogP contribution is 2.41. The lowest BCUT2D eigenvalue weighted by Gasteiger charge is -2.28. The molecule has 0 aliphatic heterocycles.